The van der Waals surface area contributed by atoms with Crippen LogP contribution >= 0.6 is 0 Å². The van der Waals surface area contributed by atoms with Crippen LogP contribution in [0.25, 0.3) is 22.3 Å². The Hall–Kier alpha value is -2.74. The number of benzene rings is 1. The molecular formula is C13H8N4O. The normalized spacial score (nSPS) is 10.4. The fraction of sp³-hybridized carbons (Fsp3) is 0.0769. The molecule has 0 unspecified atom stereocenters. The summed E-state index contributed by atoms with van der Waals surface area (Å²) in [7, 11) is 0. The standard InChI is InChI=1S/C13H8N4O/c14-7-5-11-16-13(17-18-11)12-10-4-2-1-3-9(10)6-8-15-12/h1-4,6,8H,5H2. The first-order valence-corrected chi connectivity index (χ1v) is 5.42. The molecule has 0 bridgehead atoms. The van der Waals surface area contributed by atoms with Crippen molar-refractivity contribution in [2.24, 2.45) is 0 Å². The molecule has 3 aromatic rings. The Labute approximate surface area is 103 Å². The summed E-state index contributed by atoms with van der Waals surface area (Å²) in [4.78, 5) is 8.44. The summed E-state index contributed by atoms with van der Waals surface area (Å²) >= 11 is 0. The molecule has 5 heteroatoms. The smallest absolute Gasteiger partial charge is 0.241 e. The van der Waals surface area contributed by atoms with Crippen LogP contribution in [-0.2, 0) is 6.42 Å². The maximum Gasteiger partial charge on any atom is 0.241 e. The predicted octanol–water partition coefficient (Wildman–Crippen LogP) is 2.35. The predicted molar refractivity (Wildman–Crippen MR) is 64.4 cm³/mol. The monoisotopic (exact) mass is 236 g/mol. The number of hydrogen-bond acceptors (Lipinski definition) is 5. The molecule has 2 heterocycles. The van der Waals surface area contributed by atoms with Gasteiger partial charge >= 0.3 is 0 Å². The van der Waals surface area contributed by atoms with Crippen LogP contribution in [0.4, 0.5) is 0 Å². The highest BCUT2D eigenvalue weighted by atomic mass is 16.5. The lowest BCUT2D eigenvalue weighted by Crippen LogP contribution is -1.88. The van der Waals surface area contributed by atoms with E-state index in [4.69, 9.17) is 9.78 Å². The lowest BCUT2D eigenvalue weighted by Gasteiger charge is -2.00. The Kier molecular flexibility index (Phi) is 2.47. The Morgan fingerprint density at radius 3 is 3.00 bits per heavy atom. The van der Waals surface area contributed by atoms with Gasteiger partial charge in [0.1, 0.15) is 12.1 Å². The van der Waals surface area contributed by atoms with Gasteiger partial charge in [0.2, 0.25) is 11.7 Å². The number of nitriles is 1. The van der Waals surface area contributed by atoms with E-state index in [-0.39, 0.29) is 6.42 Å². The second kappa shape index (κ2) is 4.26. The zero-order valence-corrected chi connectivity index (χ0v) is 9.37. The van der Waals surface area contributed by atoms with E-state index in [0.29, 0.717) is 17.4 Å². The zero-order chi connectivity index (χ0) is 12.4. The Morgan fingerprint density at radius 2 is 2.11 bits per heavy atom. The summed E-state index contributed by atoms with van der Waals surface area (Å²) in [6, 6.07) is 11.7. The van der Waals surface area contributed by atoms with Crippen LogP contribution in [0.3, 0.4) is 0 Å². The van der Waals surface area contributed by atoms with Gasteiger partial charge < -0.3 is 4.52 Å². The quantitative estimate of drug-likeness (QED) is 0.682. The highest BCUT2D eigenvalue weighted by Crippen LogP contribution is 2.23. The van der Waals surface area contributed by atoms with Crippen molar-refractivity contribution < 1.29 is 4.52 Å². The number of nitrogens with zero attached hydrogens (tertiary/aromatic N) is 4. The third-order valence-corrected chi connectivity index (χ3v) is 2.58. The van der Waals surface area contributed by atoms with Crippen LogP contribution in [0.2, 0.25) is 0 Å². The summed E-state index contributed by atoms with van der Waals surface area (Å²) in [6.07, 6.45) is 1.82. The van der Waals surface area contributed by atoms with Crippen molar-refractivity contribution in [3.63, 3.8) is 0 Å². The van der Waals surface area contributed by atoms with E-state index in [9.17, 15) is 0 Å². The Morgan fingerprint density at radius 1 is 1.22 bits per heavy atom. The number of hydrogen-bond donors (Lipinski definition) is 0. The molecule has 1 aromatic carbocycles. The molecule has 0 atom stereocenters. The van der Waals surface area contributed by atoms with Gasteiger partial charge in [-0.15, -0.1) is 0 Å². The van der Waals surface area contributed by atoms with Gasteiger partial charge in [0.05, 0.1) is 6.07 Å². The minimum Gasteiger partial charge on any atom is -0.338 e. The van der Waals surface area contributed by atoms with Crippen molar-refractivity contribution in [2.45, 2.75) is 6.42 Å². The van der Waals surface area contributed by atoms with Crippen LogP contribution in [0.1, 0.15) is 5.89 Å². The summed E-state index contributed by atoms with van der Waals surface area (Å²) in [5.74, 6) is 0.722. The first-order chi connectivity index (χ1) is 8.88. The van der Waals surface area contributed by atoms with E-state index in [1.807, 2.05) is 36.4 Å². The molecule has 5 nitrogen and oxygen atoms in total. The molecule has 0 saturated carbocycles. The molecule has 0 aliphatic carbocycles. The van der Waals surface area contributed by atoms with Gasteiger partial charge in [-0.2, -0.15) is 10.2 Å². The first kappa shape index (κ1) is 10.4. The maximum absolute atomic E-state index is 8.58. The van der Waals surface area contributed by atoms with E-state index in [0.717, 1.165) is 10.8 Å². The number of fused-ring (bicyclic) bond motifs is 1. The average molecular weight is 236 g/mol. The topological polar surface area (TPSA) is 75.6 Å². The molecular weight excluding hydrogens is 228 g/mol. The van der Waals surface area contributed by atoms with E-state index < -0.39 is 0 Å². The molecule has 0 aliphatic rings. The molecule has 3 rings (SSSR count). The van der Waals surface area contributed by atoms with Crippen molar-refractivity contribution in [1.29, 1.82) is 5.26 Å². The molecule has 0 spiro atoms. The maximum atomic E-state index is 8.58. The van der Waals surface area contributed by atoms with E-state index in [2.05, 4.69) is 15.1 Å². The SMILES string of the molecule is N#CCc1nc(-c2nccc3ccccc23)no1. The summed E-state index contributed by atoms with van der Waals surface area (Å²) in [6.45, 7) is 0. The van der Waals surface area contributed by atoms with E-state index in [1.54, 1.807) is 6.20 Å². The molecule has 0 N–H and O–H groups in total. The third kappa shape index (κ3) is 1.70. The molecule has 0 amide bonds. The zero-order valence-electron chi connectivity index (χ0n) is 9.37. The van der Waals surface area contributed by atoms with Crippen LogP contribution in [0.15, 0.2) is 41.1 Å². The second-order valence-corrected chi connectivity index (χ2v) is 3.73. The highest BCUT2D eigenvalue weighted by molar-refractivity contribution is 5.92. The Bertz CT molecular complexity index is 737. The minimum absolute atomic E-state index is 0.109. The molecule has 18 heavy (non-hydrogen) atoms. The van der Waals surface area contributed by atoms with Gasteiger partial charge in [0.15, 0.2) is 0 Å². The Balaban J connectivity index is 2.16. The minimum atomic E-state index is 0.109. The first-order valence-electron chi connectivity index (χ1n) is 5.42. The van der Waals surface area contributed by atoms with Crippen molar-refractivity contribution in [1.82, 2.24) is 15.1 Å². The van der Waals surface area contributed by atoms with Gasteiger partial charge in [-0.3, -0.25) is 4.98 Å². The molecule has 0 aliphatic heterocycles. The van der Waals surface area contributed by atoms with Gasteiger partial charge in [0.25, 0.3) is 0 Å². The van der Waals surface area contributed by atoms with Crippen molar-refractivity contribution in [2.75, 3.05) is 0 Å². The van der Waals surface area contributed by atoms with Gasteiger partial charge in [-0.05, 0) is 11.5 Å². The third-order valence-electron chi connectivity index (χ3n) is 2.58. The lowest BCUT2D eigenvalue weighted by atomic mass is 10.1. The molecule has 2 aromatic heterocycles. The molecule has 0 radical (unpaired) electrons. The summed E-state index contributed by atoms with van der Waals surface area (Å²) < 4.78 is 4.98. The van der Waals surface area contributed by atoms with Crippen molar-refractivity contribution in [3.05, 3.63) is 42.4 Å². The fourth-order valence-electron chi connectivity index (χ4n) is 1.79. The number of rotatable bonds is 2. The summed E-state index contributed by atoms with van der Waals surface area (Å²) in [5.41, 5.74) is 0.668. The fourth-order valence-corrected chi connectivity index (χ4v) is 1.79. The van der Waals surface area contributed by atoms with Gasteiger partial charge in [-0.1, -0.05) is 29.4 Å². The number of pyridine rings is 1. The average Bonchev–Trinajstić information content (AvgIpc) is 2.87. The van der Waals surface area contributed by atoms with Crippen molar-refractivity contribution in [3.8, 4) is 17.6 Å². The largest absolute Gasteiger partial charge is 0.338 e. The second-order valence-electron chi connectivity index (χ2n) is 3.73. The van der Waals surface area contributed by atoms with Crippen LogP contribution in [-0.4, -0.2) is 15.1 Å². The van der Waals surface area contributed by atoms with E-state index >= 15 is 0 Å². The molecule has 0 saturated heterocycles. The van der Waals surface area contributed by atoms with Gasteiger partial charge in [-0.25, -0.2) is 0 Å². The number of aromatic nitrogens is 3. The van der Waals surface area contributed by atoms with Gasteiger partial charge in [0, 0.05) is 11.6 Å². The van der Waals surface area contributed by atoms with Crippen LogP contribution < -0.4 is 0 Å². The van der Waals surface area contributed by atoms with E-state index in [1.165, 1.54) is 0 Å². The highest BCUT2D eigenvalue weighted by Gasteiger charge is 2.12. The summed E-state index contributed by atoms with van der Waals surface area (Å²) in [5, 5.41) is 14.5. The molecule has 86 valence electrons. The van der Waals surface area contributed by atoms with Crippen LogP contribution in [0, 0.1) is 11.3 Å². The van der Waals surface area contributed by atoms with Crippen molar-refractivity contribution >= 4 is 10.8 Å². The molecule has 0 fully saturated rings. The lowest BCUT2D eigenvalue weighted by molar-refractivity contribution is 0.387. The van der Waals surface area contributed by atoms with Crippen LogP contribution in [0.5, 0.6) is 0 Å².